The molecule has 4 N–H and O–H groups in total. The number of hydrogen-bond donors (Lipinski definition) is 2. The molecular weight excluding hydrogens is 480 g/mol. The van der Waals surface area contributed by atoms with Gasteiger partial charge in [0.25, 0.3) is 20.0 Å². The molecule has 2 rings (SSSR count). The molecule has 0 aromatic heterocycles. The van der Waals surface area contributed by atoms with Crippen LogP contribution in [0.25, 0.3) is 0 Å². The predicted molar refractivity (Wildman–Crippen MR) is 108 cm³/mol. The number of carbonyl (C=O) groups is 2. The maximum atomic E-state index is 11.5. The van der Waals surface area contributed by atoms with Crippen LogP contribution in [0.2, 0.25) is 0 Å². The van der Waals surface area contributed by atoms with Crippen LogP contribution in [0.15, 0.2) is 58.3 Å². The summed E-state index contributed by atoms with van der Waals surface area (Å²) in [7, 11) is -6.27. The topological polar surface area (TPSA) is 207 Å². The number of hydrogen-bond acceptors (Lipinski definition) is 10. The minimum atomic E-state index is -4.04. The van der Waals surface area contributed by atoms with Crippen LogP contribution in [-0.2, 0) is 20.0 Å². The van der Waals surface area contributed by atoms with Gasteiger partial charge in [0, 0.05) is 25.5 Å². The Balaban J connectivity index is 0.000000562. The molecule has 0 unspecified atom stereocenters. The molecule has 2 amide bonds. The largest absolute Gasteiger partial charge is 2.00 e. The Morgan fingerprint density at radius 3 is 1.10 bits per heavy atom. The van der Waals surface area contributed by atoms with Crippen molar-refractivity contribution in [3.05, 3.63) is 48.5 Å². The number of benzene rings is 2. The monoisotopic (exact) mass is 498 g/mol. The van der Waals surface area contributed by atoms with E-state index in [-0.39, 0.29) is 56.1 Å². The molecule has 31 heavy (non-hydrogen) atoms. The molecular formula is C16H18CaN4O8S2. The molecule has 12 nitrogen and oxygen atoms in total. The molecule has 0 bridgehead atoms. The molecule has 0 aliphatic heterocycles. The quantitative estimate of drug-likeness (QED) is 0.353. The Morgan fingerprint density at radius 2 is 0.903 bits per heavy atom. The number of carbonyl (C=O) groups excluding carboxylic acids is 2. The maximum Gasteiger partial charge on any atom is 2.00 e. The fourth-order valence-electron chi connectivity index (χ4n) is 1.79. The second-order valence-electron chi connectivity index (χ2n) is 5.61. The third kappa shape index (κ3) is 7.43. The minimum Gasteiger partial charge on any atom is -0.529 e. The van der Waals surface area contributed by atoms with E-state index in [0.29, 0.717) is 11.4 Å². The van der Waals surface area contributed by atoms with Crippen LogP contribution >= 0.6 is 0 Å². The average molecular weight is 499 g/mol. The first kappa shape index (κ1) is 28.7. The number of nitrogens with zero attached hydrogens (tertiary/aromatic N) is 2. The van der Waals surface area contributed by atoms with Crippen LogP contribution in [0, 0.1) is 0 Å². The minimum absolute atomic E-state index is 0. The van der Waals surface area contributed by atoms with E-state index in [4.69, 9.17) is 11.5 Å². The first-order valence-electron chi connectivity index (χ1n) is 7.82. The van der Waals surface area contributed by atoms with Crippen molar-refractivity contribution in [2.24, 2.45) is 0 Å². The van der Waals surface area contributed by atoms with Crippen molar-refractivity contribution in [1.82, 2.24) is 8.61 Å². The zero-order valence-electron chi connectivity index (χ0n) is 16.5. The third-order valence-corrected chi connectivity index (χ3v) is 7.07. The van der Waals surface area contributed by atoms with Crippen LogP contribution in [0.1, 0.15) is 0 Å². The van der Waals surface area contributed by atoms with Gasteiger partial charge in [0.15, 0.2) is 12.2 Å². The van der Waals surface area contributed by atoms with Gasteiger partial charge in [-0.3, -0.25) is 8.61 Å². The van der Waals surface area contributed by atoms with Gasteiger partial charge in [0.2, 0.25) is 0 Å². The van der Waals surface area contributed by atoms with Crippen molar-refractivity contribution in [3.63, 3.8) is 0 Å². The van der Waals surface area contributed by atoms with E-state index < -0.39 is 32.2 Å². The number of sulfonamides is 2. The van der Waals surface area contributed by atoms with E-state index in [2.05, 4.69) is 0 Å². The zero-order chi connectivity index (χ0) is 23.3. The summed E-state index contributed by atoms with van der Waals surface area (Å²) in [6.45, 7) is 0. The molecule has 0 aliphatic carbocycles. The molecule has 15 heteroatoms. The fraction of sp³-hybridized carbons (Fsp3) is 0.125. The van der Waals surface area contributed by atoms with Crippen molar-refractivity contribution < 1.29 is 36.6 Å². The first-order valence-corrected chi connectivity index (χ1v) is 10.7. The van der Waals surface area contributed by atoms with Gasteiger partial charge in [-0.05, 0) is 48.5 Å². The van der Waals surface area contributed by atoms with Gasteiger partial charge in [0.05, 0.1) is 9.79 Å². The van der Waals surface area contributed by atoms with Crippen molar-refractivity contribution >= 4 is 81.3 Å². The van der Waals surface area contributed by atoms with Gasteiger partial charge in [0.1, 0.15) is 0 Å². The SMILES string of the molecule is CN(C(=O)[O-])S(=O)(=O)c1ccc(N)cc1.CN(C(=O)[O-])S(=O)(=O)c1ccc(N)cc1.[Ca+2]. The number of carboxylic acid groups (broad SMARTS) is 2. The van der Waals surface area contributed by atoms with E-state index >= 15 is 0 Å². The van der Waals surface area contributed by atoms with Gasteiger partial charge in [-0.25, -0.2) is 16.8 Å². The normalized spacial score (nSPS) is 10.6. The average Bonchev–Trinajstić information content (AvgIpc) is 2.67. The summed E-state index contributed by atoms with van der Waals surface area (Å²) >= 11 is 0. The molecule has 0 radical (unpaired) electrons. The van der Waals surface area contributed by atoms with Gasteiger partial charge in [-0.1, -0.05) is 0 Å². The van der Waals surface area contributed by atoms with Crippen LogP contribution in [0.5, 0.6) is 0 Å². The van der Waals surface area contributed by atoms with Crippen LogP contribution in [-0.4, -0.2) is 89.5 Å². The third-order valence-electron chi connectivity index (χ3n) is 3.59. The van der Waals surface area contributed by atoms with Gasteiger partial charge < -0.3 is 31.3 Å². The second kappa shape index (κ2) is 11.4. The van der Waals surface area contributed by atoms with Gasteiger partial charge >= 0.3 is 37.7 Å². The van der Waals surface area contributed by atoms with E-state index in [0.717, 1.165) is 14.1 Å². The predicted octanol–water partition coefficient (Wildman–Crippen LogP) is -1.92. The molecule has 0 heterocycles. The van der Waals surface area contributed by atoms with E-state index in [1.807, 2.05) is 0 Å². The Labute approximate surface area is 209 Å². The molecule has 0 aliphatic rings. The van der Waals surface area contributed by atoms with Crippen LogP contribution < -0.4 is 21.7 Å². The summed E-state index contributed by atoms with van der Waals surface area (Å²) in [6.07, 6.45) is -3.57. The molecule has 0 fully saturated rings. The number of amides is 2. The van der Waals surface area contributed by atoms with Gasteiger partial charge in [-0.2, -0.15) is 0 Å². The Kier molecular flexibility index (Phi) is 10.6. The number of nitrogens with two attached hydrogens (primary N) is 2. The summed E-state index contributed by atoms with van der Waals surface area (Å²) in [5.41, 5.74) is 11.5. The molecule has 0 spiro atoms. The first-order chi connectivity index (χ1) is 13.7. The molecule has 0 saturated heterocycles. The Morgan fingerprint density at radius 1 is 0.677 bits per heavy atom. The molecule has 2 aromatic carbocycles. The van der Waals surface area contributed by atoms with Crippen molar-refractivity contribution in [2.45, 2.75) is 9.79 Å². The van der Waals surface area contributed by atoms with E-state index in [9.17, 15) is 36.6 Å². The summed E-state index contributed by atoms with van der Waals surface area (Å²) in [6, 6.07) is 10.4. The molecule has 0 saturated carbocycles. The summed E-state index contributed by atoms with van der Waals surface area (Å²) in [5, 5.41) is 20.8. The number of rotatable bonds is 4. The summed E-state index contributed by atoms with van der Waals surface area (Å²) in [4.78, 5) is 20.5. The van der Waals surface area contributed by atoms with Crippen molar-refractivity contribution in [3.8, 4) is 0 Å². The smallest absolute Gasteiger partial charge is 0.529 e. The van der Waals surface area contributed by atoms with E-state index in [1.165, 1.54) is 48.5 Å². The van der Waals surface area contributed by atoms with Crippen molar-refractivity contribution in [1.29, 1.82) is 0 Å². The zero-order valence-corrected chi connectivity index (χ0v) is 20.3. The summed E-state index contributed by atoms with van der Waals surface area (Å²) in [5.74, 6) is 0. The number of anilines is 2. The van der Waals surface area contributed by atoms with Gasteiger partial charge in [-0.15, -0.1) is 0 Å². The molecule has 164 valence electrons. The maximum absolute atomic E-state index is 11.5. The van der Waals surface area contributed by atoms with E-state index in [1.54, 1.807) is 0 Å². The molecule has 0 atom stereocenters. The fourth-order valence-corrected chi connectivity index (χ4v) is 3.78. The Hall–Kier alpha value is -2.26. The second-order valence-corrected chi connectivity index (χ2v) is 9.55. The van der Waals surface area contributed by atoms with Crippen LogP contribution in [0.4, 0.5) is 21.0 Å². The molecule has 2 aromatic rings. The van der Waals surface area contributed by atoms with Crippen molar-refractivity contribution in [2.75, 3.05) is 25.6 Å². The number of nitrogen functional groups attached to an aromatic ring is 2. The Bertz CT molecular complexity index is 1030. The van der Waals surface area contributed by atoms with Crippen LogP contribution in [0.3, 0.4) is 0 Å². The summed E-state index contributed by atoms with van der Waals surface area (Å²) < 4.78 is 46.5. The standard InChI is InChI=1S/2C8H10N2O4S.Ca/c2*1-10(8(11)12)15(13,14)7-4-2-6(9)3-5-7;/h2*2-5H,9H2,1H3,(H,11,12);/q;;+2/p-2.